The summed E-state index contributed by atoms with van der Waals surface area (Å²) in [5, 5.41) is 16.1. The number of hydrogen-bond donors (Lipinski definition) is 1. The van der Waals surface area contributed by atoms with Crippen molar-refractivity contribution >= 4 is 29.0 Å². The minimum atomic E-state index is -0.125. The number of carbonyl (C=O) groups excluding carboxylic acids is 1. The van der Waals surface area contributed by atoms with Gasteiger partial charge in [-0.3, -0.25) is 4.79 Å². The molecular weight excluding hydrogens is 388 g/mol. The van der Waals surface area contributed by atoms with Crippen LogP contribution in [0.3, 0.4) is 0 Å². The Bertz CT molecular complexity index is 1000. The van der Waals surface area contributed by atoms with Gasteiger partial charge in [0.05, 0.1) is 28.7 Å². The Balaban J connectivity index is 1.49. The van der Waals surface area contributed by atoms with Crippen molar-refractivity contribution in [3.63, 3.8) is 0 Å². The van der Waals surface area contributed by atoms with Gasteiger partial charge in [0.15, 0.2) is 11.0 Å². The molecular formula is C21H23ClN6O. The summed E-state index contributed by atoms with van der Waals surface area (Å²) in [6, 6.07) is 13.5. The fourth-order valence-electron chi connectivity index (χ4n) is 3.75. The Morgan fingerprint density at radius 1 is 1.14 bits per heavy atom. The lowest BCUT2D eigenvalue weighted by Crippen LogP contribution is -2.41. The Labute approximate surface area is 174 Å². The van der Waals surface area contributed by atoms with E-state index in [4.69, 9.17) is 11.6 Å². The van der Waals surface area contributed by atoms with Crippen molar-refractivity contribution in [2.45, 2.75) is 26.7 Å². The summed E-state index contributed by atoms with van der Waals surface area (Å²) >= 11 is 5.83. The van der Waals surface area contributed by atoms with Crippen molar-refractivity contribution in [2.24, 2.45) is 5.92 Å². The van der Waals surface area contributed by atoms with Gasteiger partial charge in [-0.25, -0.2) is 4.68 Å². The molecule has 0 spiro atoms. The summed E-state index contributed by atoms with van der Waals surface area (Å²) in [6.45, 7) is 5.34. The summed E-state index contributed by atoms with van der Waals surface area (Å²) in [4.78, 5) is 15.1. The first-order valence-electron chi connectivity index (χ1n) is 9.69. The Morgan fingerprint density at radius 3 is 2.66 bits per heavy atom. The molecule has 1 saturated heterocycles. The van der Waals surface area contributed by atoms with Gasteiger partial charge in [0.2, 0.25) is 5.91 Å². The van der Waals surface area contributed by atoms with Gasteiger partial charge < -0.3 is 10.2 Å². The lowest BCUT2D eigenvalue weighted by molar-refractivity contribution is -0.120. The number of amides is 1. The molecule has 1 aliphatic heterocycles. The maximum atomic E-state index is 13.0. The van der Waals surface area contributed by atoms with Crippen LogP contribution in [0, 0.1) is 19.8 Å². The number of anilines is 2. The lowest BCUT2D eigenvalue weighted by atomic mass is 9.97. The van der Waals surface area contributed by atoms with E-state index in [1.165, 1.54) is 0 Å². The molecule has 3 aromatic rings. The number of aryl methyl sites for hydroxylation is 1. The molecule has 4 rings (SSSR count). The zero-order valence-electron chi connectivity index (χ0n) is 16.5. The van der Waals surface area contributed by atoms with E-state index < -0.39 is 0 Å². The molecule has 0 bridgehead atoms. The van der Waals surface area contributed by atoms with E-state index in [0.29, 0.717) is 11.7 Å². The predicted molar refractivity (Wildman–Crippen MR) is 114 cm³/mol. The molecule has 2 aromatic heterocycles. The third-order valence-corrected chi connectivity index (χ3v) is 5.48. The number of piperidine rings is 1. The number of para-hydroxylation sites is 1. The average molecular weight is 411 g/mol. The molecule has 1 aromatic carbocycles. The molecule has 1 N–H and O–H groups in total. The average Bonchev–Trinajstić information content (AvgIpc) is 3.03. The quantitative estimate of drug-likeness (QED) is 0.708. The van der Waals surface area contributed by atoms with Crippen LogP contribution in [0.25, 0.3) is 5.69 Å². The zero-order chi connectivity index (χ0) is 20.4. The molecule has 3 heterocycles. The van der Waals surface area contributed by atoms with Crippen LogP contribution < -0.4 is 10.2 Å². The molecule has 29 heavy (non-hydrogen) atoms. The minimum Gasteiger partial charge on any atom is -0.354 e. The third-order valence-electron chi connectivity index (χ3n) is 5.27. The Hall–Kier alpha value is -2.93. The first-order valence-corrected chi connectivity index (χ1v) is 10.1. The van der Waals surface area contributed by atoms with Gasteiger partial charge in [0.25, 0.3) is 0 Å². The lowest BCUT2D eigenvalue weighted by Gasteiger charge is -2.32. The Kier molecular flexibility index (Phi) is 5.49. The van der Waals surface area contributed by atoms with Crippen LogP contribution in [0.15, 0.2) is 42.5 Å². The molecule has 150 valence electrons. The highest BCUT2D eigenvalue weighted by Gasteiger charge is 2.28. The second-order valence-electron chi connectivity index (χ2n) is 7.28. The maximum Gasteiger partial charge on any atom is 0.229 e. The fourth-order valence-corrected chi connectivity index (χ4v) is 3.85. The van der Waals surface area contributed by atoms with Crippen LogP contribution in [0.4, 0.5) is 11.5 Å². The zero-order valence-corrected chi connectivity index (χ0v) is 17.2. The largest absolute Gasteiger partial charge is 0.354 e. The van der Waals surface area contributed by atoms with E-state index in [0.717, 1.165) is 48.0 Å². The second kappa shape index (κ2) is 8.21. The highest BCUT2D eigenvalue weighted by Crippen LogP contribution is 2.26. The number of benzene rings is 1. The van der Waals surface area contributed by atoms with Gasteiger partial charge in [-0.2, -0.15) is 5.10 Å². The third kappa shape index (κ3) is 4.10. The molecule has 1 fully saturated rings. The van der Waals surface area contributed by atoms with Gasteiger partial charge in [0, 0.05) is 13.1 Å². The van der Waals surface area contributed by atoms with Crippen molar-refractivity contribution in [1.29, 1.82) is 0 Å². The summed E-state index contributed by atoms with van der Waals surface area (Å²) in [5.41, 5.74) is 3.47. The maximum absolute atomic E-state index is 13.0. The van der Waals surface area contributed by atoms with E-state index in [9.17, 15) is 4.79 Å². The van der Waals surface area contributed by atoms with Crippen LogP contribution >= 0.6 is 11.6 Å². The molecule has 0 saturated carbocycles. The fraction of sp³-hybridized carbons (Fsp3) is 0.333. The number of hydrogen-bond acceptors (Lipinski definition) is 5. The van der Waals surface area contributed by atoms with E-state index in [-0.39, 0.29) is 11.8 Å². The number of rotatable bonds is 4. The summed E-state index contributed by atoms with van der Waals surface area (Å²) in [6.07, 6.45) is 1.76. The topological polar surface area (TPSA) is 75.9 Å². The second-order valence-corrected chi connectivity index (χ2v) is 7.67. The van der Waals surface area contributed by atoms with Crippen LogP contribution in [0.2, 0.25) is 5.15 Å². The normalized spacial score (nSPS) is 16.7. The van der Waals surface area contributed by atoms with Crippen LogP contribution in [-0.4, -0.2) is 39.0 Å². The summed E-state index contributed by atoms with van der Waals surface area (Å²) < 4.78 is 1.86. The highest BCUT2D eigenvalue weighted by atomic mass is 35.5. The monoisotopic (exact) mass is 410 g/mol. The van der Waals surface area contributed by atoms with Crippen molar-refractivity contribution in [2.75, 3.05) is 23.3 Å². The van der Waals surface area contributed by atoms with Crippen LogP contribution in [0.1, 0.15) is 24.2 Å². The molecule has 0 aliphatic carbocycles. The smallest absolute Gasteiger partial charge is 0.229 e. The number of halogens is 1. The predicted octanol–water partition coefficient (Wildman–Crippen LogP) is 3.79. The van der Waals surface area contributed by atoms with E-state index in [2.05, 4.69) is 25.5 Å². The van der Waals surface area contributed by atoms with Crippen molar-refractivity contribution in [1.82, 2.24) is 20.0 Å². The molecule has 0 radical (unpaired) electrons. The van der Waals surface area contributed by atoms with Gasteiger partial charge in [0.1, 0.15) is 0 Å². The number of aromatic nitrogens is 4. The van der Waals surface area contributed by atoms with Gasteiger partial charge in [-0.15, -0.1) is 10.2 Å². The summed E-state index contributed by atoms with van der Waals surface area (Å²) in [5.74, 6) is 0.631. The summed E-state index contributed by atoms with van der Waals surface area (Å²) in [7, 11) is 0. The molecule has 7 nitrogen and oxygen atoms in total. The van der Waals surface area contributed by atoms with Crippen molar-refractivity contribution in [3.05, 3.63) is 59.0 Å². The molecule has 1 aliphatic rings. The van der Waals surface area contributed by atoms with Crippen LogP contribution in [-0.2, 0) is 4.79 Å². The molecule has 1 unspecified atom stereocenters. The number of carbonyl (C=O) groups is 1. The molecule has 1 atom stereocenters. The minimum absolute atomic E-state index is 0.00966. The van der Waals surface area contributed by atoms with E-state index in [1.807, 2.05) is 54.9 Å². The molecule has 8 heteroatoms. The number of nitrogens with zero attached hydrogens (tertiary/aromatic N) is 5. The SMILES string of the molecule is Cc1nn(-c2ccccc2)c(C)c1NC(=O)C1CCCN(c2ccc(Cl)nn2)C1. The first-order chi connectivity index (χ1) is 14.0. The first kappa shape index (κ1) is 19.4. The van der Waals surface area contributed by atoms with Gasteiger partial charge in [-0.1, -0.05) is 29.8 Å². The number of nitrogens with one attached hydrogen (secondary N) is 1. The van der Waals surface area contributed by atoms with Gasteiger partial charge in [-0.05, 0) is 51.0 Å². The van der Waals surface area contributed by atoms with Crippen molar-refractivity contribution in [3.8, 4) is 5.69 Å². The standard InChI is InChI=1S/C21H23ClN6O/c1-14-20(15(2)28(26-14)17-8-4-3-5-9-17)23-21(29)16-7-6-12-27(13-16)19-11-10-18(22)24-25-19/h3-5,8-11,16H,6-7,12-13H2,1-2H3,(H,23,29). The Morgan fingerprint density at radius 2 is 1.93 bits per heavy atom. The van der Waals surface area contributed by atoms with Gasteiger partial charge >= 0.3 is 0 Å². The van der Waals surface area contributed by atoms with E-state index in [1.54, 1.807) is 6.07 Å². The van der Waals surface area contributed by atoms with Crippen molar-refractivity contribution < 1.29 is 4.79 Å². The molecule has 1 amide bonds. The highest BCUT2D eigenvalue weighted by molar-refractivity contribution is 6.29. The van der Waals surface area contributed by atoms with E-state index >= 15 is 0 Å². The van der Waals surface area contributed by atoms with Crippen LogP contribution in [0.5, 0.6) is 0 Å².